The van der Waals surface area contributed by atoms with E-state index in [0.29, 0.717) is 22.4 Å². The van der Waals surface area contributed by atoms with Crippen molar-refractivity contribution in [3.8, 4) is 17.3 Å². The van der Waals surface area contributed by atoms with E-state index in [1.165, 1.54) is 5.56 Å². The number of H-pyrrole nitrogens is 1. The van der Waals surface area contributed by atoms with Crippen LogP contribution in [0, 0.1) is 10.8 Å². The summed E-state index contributed by atoms with van der Waals surface area (Å²) >= 11 is 0. The number of aryl methyl sites for hydroxylation is 1. The molecule has 0 saturated carbocycles. The number of ketones is 1. The van der Waals surface area contributed by atoms with Gasteiger partial charge < -0.3 is 14.7 Å². The maximum atomic E-state index is 12.6. The molecule has 0 radical (unpaired) electrons. The van der Waals surface area contributed by atoms with Crippen LogP contribution in [0.1, 0.15) is 57.5 Å². The minimum atomic E-state index is -0.565. The molecule has 3 rings (SSSR count). The van der Waals surface area contributed by atoms with E-state index >= 15 is 0 Å². The highest BCUT2D eigenvalue weighted by atomic mass is 16.3. The lowest BCUT2D eigenvalue weighted by atomic mass is 9.86. The van der Waals surface area contributed by atoms with E-state index in [1.54, 1.807) is 6.07 Å². The van der Waals surface area contributed by atoms with Gasteiger partial charge in [0.25, 0.3) is 0 Å². The van der Waals surface area contributed by atoms with Crippen LogP contribution in [0.3, 0.4) is 0 Å². The molecule has 1 aromatic carbocycles. The van der Waals surface area contributed by atoms with Crippen molar-refractivity contribution in [1.29, 1.82) is 0 Å². The Labute approximate surface area is 160 Å². The van der Waals surface area contributed by atoms with E-state index in [0.717, 1.165) is 12.1 Å². The van der Waals surface area contributed by atoms with Gasteiger partial charge in [-0.1, -0.05) is 41.5 Å². The van der Waals surface area contributed by atoms with Crippen molar-refractivity contribution in [3.05, 3.63) is 35.5 Å². The predicted octanol–water partition coefficient (Wildman–Crippen LogP) is 5.09. The second kappa shape index (κ2) is 6.25. The fourth-order valence-corrected chi connectivity index (χ4v) is 3.35. The minimum absolute atomic E-state index is 0.0564. The van der Waals surface area contributed by atoms with Gasteiger partial charge in [-0.05, 0) is 35.6 Å². The first kappa shape index (κ1) is 19.2. The largest absolute Gasteiger partial charge is 0.505 e. The third kappa shape index (κ3) is 3.77. The summed E-state index contributed by atoms with van der Waals surface area (Å²) in [7, 11) is 1.99. The zero-order chi connectivity index (χ0) is 20.1. The molecule has 0 bridgehead atoms. The Morgan fingerprint density at radius 3 is 2.44 bits per heavy atom. The van der Waals surface area contributed by atoms with Crippen molar-refractivity contribution < 1.29 is 9.90 Å². The summed E-state index contributed by atoms with van der Waals surface area (Å²) in [6, 6.07) is 5.61. The number of nitrogens with zero attached hydrogens (tertiary/aromatic N) is 2. The average Bonchev–Trinajstić information content (AvgIpc) is 3.08. The number of phenols is 1. The Morgan fingerprint density at radius 2 is 1.85 bits per heavy atom. The molecule has 2 N–H and O–H groups in total. The number of benzene rings is 1. The molecule has 0 saturated heterocycles. The second-order valence-corrected chi connectivity index (χ2v) is 9.60. The third-order valence-corrected chi connectivity index (χ3v) is 4.59. The molecular formula is C22H29N3O2. The number of hydrogen-bond acceptors (Lipinski definition) is 3. The fourth-order valence-electron chi connectivity index (χ4n) is 3.35. The lowest BCUT2D eigenvalue weighted by molar-refractivity contribution is 0.0855. The summed E-state index contributed by atoms with van der Waals surface area (Å²) in [5, 5.41) is 10.7. The molecule has 0 aliphatic rings. The summed E-state index contributed by atoms with van der Waals surface area (Å²) in [6.07, 6.45) is 3.08. The summed E-state index contributed by atoms with van der Waals surface area (Å²) in [4.78, 5) is 20.5. The summed E-state index contributed by atoms with van der Waals surface area (Å²) in [5.74, 6) is 0.528. The smallest absolute Gasteiger partial charge is 0.171 e. The average molecular weight is 367 g/mol. The molecule has 0 spiro atoms. The number of Topliss-reactive ketones (excluding diaryl/α,β-unsaturated/α-hetero) is 1. The van der Waals surface area contributed by atoms with E-state index in [9.17, 15) is 9.90 Å². The number of hydrogen-bond donors (Lipinski definition) is 2. The van der Waals surface area contributed by atoms with Crippen LogP contribution in [0.15, 0.2) is 24.4 Å². The van der Waals surface area contributed by atoms with Gasteiger partial charge in [-0.25, -0.2) is 4.98 Å². The normalized spacial score (nSPS) is 12.7. The number of phenolic OH excluding ortho intramolecular Hbond substituents is 1. The molecule has 0 fully saturated rings. The maximum Gasteiger partial charge on any atom is 0.171 e. The Kier molecular flexibility index (Phi) is 4.45. The molecule has 0 atom stereocenters. The Morgan fingerprint density at radius 1 is 1.19 bits per heavy atom. The number of fused-ring (bicyclic) bond motifs is 1. The molecule has 0 aliphatic carbocycles. The number of aromatic amines is 1. The van der Waals surface area contributed by atoms with Gasteiger partial charge in [0.15, 0.2) is 17.4 Å². The van der Waals surface area contributed by atoms with Crippen molar-refractivity contribution >= 4 is 16.8 Å². The van der Waals surface area contributed by atoms with E-state index in [-0.39, 0.29) is 16.9 Å². The van der Waals surface area contributed by atoms with Crippen molar-refractivity contribution in [2.24, 2.45) is 17.9 Å². The lowest BCUT2D eigenvalue weighted by Gasteiger charge is -2.17. The standard InChI is InChI=1S/C22H29N3O2/c1-21(2,3)11-13-10-16(25(7)12-13)20-23-15-9-8-14(18(26)17(15)24-20)19(27)22(4,5)6/h8-10,12,26H,11H2,1-7H3,(H,23,24). The van der Waals surface area contributed by atoms with Gasteiger partial charge in [0.2, 0.25) is 0 Å². The quantitative estimate of drug-likeness (QED) is 0.633. The van der Waals surface area contributed by atoms with E-state index < -0.39 is 5.41 Å². The van der Waals surface area contributed by atoms with E-state index in [4.69, 9.17) is 0 Å². The Hall–Kier alpha value is -2.56. The van der Waals surface area contributed by atoms with Crippen LogP contribution in [0.2, 0.25) is 0 Å². The highest BCUT2D eigenvalue weighted by Crippen LogP contribution is 2.34. The first-order chi connectivity index (χ1) is 12.4. The number of rotatable bonds is 3. The molecule has 5 heteroatoms. The van der Waals surface area contributed by atoms with Crippen LogP contribution in [-0.4, -0.2) is 25.4 Å². The molecule has 5 nitrogen and oxygen atoms in total. The first-order valence-electron chi connectivity index (χ1n) is 9.29. The zero-order valence-corrected chi connectivity index (χ0v) is 17.3. The molecule has 144 valence electrons. The van der Waals surface area contributed by atoms with Crippen LogP contribution in [0.25, 0.3) is 22.6 Å². The predicted molar refractivity (Wildman–Crippen MR) is 109 cm³/mol. The van der Waals surface area contributed by atoms with Gasteiger partial charge in [-0.3, -0.25) is 4.79 Å². The first-order valence-corrected chi connectivity index (χ1v) is 9.29. The van der Waals surface area contributed by atoms with Crippen molar-refractivity contribution in [1.82, 2.24) is 14.5 Å². The second-order valence-electron chi connectivity index (χ2n) is 9.60. The number of carbonyl (C=O) groups excluding carboxylic acids is 1. The minimum Gasteiger partial charge on any atom is -0.505 e. The summed E-state index contributed by atoms with van der Waals surface area (Å²) < 4.78 is 2.04. The number of aromatic hydroxyl groups is 1. The van der Waals surface area contributed by atoms with Crippen LogP contribution >= 0.6 is 0 Å². The number of imidazole rings is 1. The molecule has 2 aromatic heterocycles. The third-order valence-electron chi connectivity index (χ3n) is 4.59. The van der Waals surface area contributed by atoms with Gasteiger partial charge in [-0.15, -0.1) is 0 Å². The maximum absolute atomic E-state index is 12.6. The van der Waals surface area contributed by atoms with Crippen LogP contribution in [0.4, 0.5) is 0 Å². The molecule has 0 unspecified atom stereocenters. The molecule has 27 heavy (non-hydrogen) atoms. The molecule has 2 heterocycles. The topological polar surface area (TPSA) is 70.9 Å². The van der Waals surface area contributed by atoms with Gasteiger partial charge in [0.05, 0.1) is 16.8 Å². The van der Waals surface area contributed by atoms with Crippen molar-refractivity contribution in [3.63, 3.8) is 0 Å². The van der Waals surface area contributed by atoms with Gasteiger partial charge in [0.1, 0.15) is 5.52 Å². The summed E-state index contributed by atoms with van der Waals surface area (Å²) in [5.41, 5.74) is 3.29. The van der Waals surface area contributed by atoms with Crippen LogP contribution in [-0.2, 0) is 13.5 Å². The molecule has 3 aromatic rings. The highest BCUT2D eigenvalue weighted by molar-refractivity contribution is 6.06. The Bertz CT molecular complexity index is 1010. The fraction of sp³-hybridized carbons (Fsp3) is 0.455. The van der Waals surface area contributed by atoms with Gasteiger partial charge in [-0.2, -0.15) is 0 Å². The van der Waals surface area contributed by atoms with E-state index in [1.807, 2.05) is 38.5 Å². The molecular weight excluding hydrogens is 338 g/mol. The van der Waals surface area contributed by atoms with Crippen molar-refractivity contribution in [2.75, 3.05) is 0 Å². The number of carbonyl (C=O) groups is 1. The van der Waals surface area contributed by atoms with Crippen molar-refractivity contribution in [2.45, 2.75) is 48.0 Å². The zero-order valence-electron chi connectivity index (χ0n) is 17.3. The number of nitrogens with one attached hydrogen (secondary N) is 1. The van der Waals surface area contributed by atoms with Gasteiger partial charge >= 0.3 is 0 Å². The summed E-state index contributed by atoms with van der Waals surface area (Å²) in [6.45, 7) is 12.2. The Balaban J connectivity index is 2.06. The molecule has 0 aliphatic heterocycles. The monoisotopic (exact) mass is 367 g/mol. The number of aromatic nitrogens is 3. The van der Waals surface area contributed by atoms with Crippen LogP contribution in [0.5, 0.6) is 5.75 Å². The van der Waals surface area contributed by atoms with E-state index in [2.05, 4.69) is 43.0 Å². The lowest BCUT2D eigenvalue weighted by Crippen LogP contribution is -2.20. The van der Waals surface area contributed by atoms with Gasteiger partial charge in [0, 0.05) is 18.7 Å². The SMILES string of the molecule is Cn1cc(CC(C)(C)C)cc1-c1nc2c(O)c(C(=O)C(C)(C)C)ccc2[nH]1. The van der Waals surface area contributed by atoms with Crippen LogP contribution < -0.4 is 0 Å². The molecule has 0 amide bonds. The highest BCUT2D eigenvalue weighted by Gasteiger charge is 2.27.